The SMILES string of the molecule is COc1cc2c(cc1CC(=O)O)OCCO2. The minimum Gasteiger partial charge on any atom is -0.496 e. The predicted molar refractivity (Wildman–Crippen MR) is 55.3 cm³/mol. The van der Waals surface area contributed by atoms with Gasteiger partial charge in [0.2, 0.25) is 0 Å². The Morgan fingerprint density at radius 2 is 2.00 bits per heavy atom. The first-order chi connectivity index (χ1) is 7.70. The highest BCUT2D eigenvalue weighted by molar-refractivity contribution is 5.72. The van der Waals surface area contributed by atoms with Gasteiger partial charge < -0.3 is 19.3 Å². The van der Waals surface area contributed by atoms with E-state index in [0.717, 1.165) is 0 Å². The smallest absolute Gasteiger partial charge is 0.307 e. The summed E-state index contributed by atoms with van der Waals surface area (Å²) >= 11 is 0. The molecule has 0 unspecified atom stereocenters. The van der Waals surface area contributed by atoms with Crippen LogP contribution in [0.15, 0.2) is 12.1 Å². The molecule has 1 heterocycles. The number of carbonyl (C=O) groups is 1. The van der Waals surface area contributed by atoms with E-state index in [0.29, 0.717) is 36.0 Å². The van der Waals surface area contributed by atoms with Gasteiger partial charge in [-0.05, 0) is 6.07 Å². The molecule has 0 fully saturated rings. The van der Waals surface area contributed by atoms with Crippen molar-refractivity contribution in [1.82, 2.24) is 0 Å². The summed E-state index contributed by atoms with van der Waals surface area (Å²) in [6, 6.07) is 3.31. The third-order valence-electron chi connectivity index (χ3n) is 2.29. The van der Waals surface area contributed by atoms with Crippen LogP contribution in [0.4, 0.5) is 0 Å². The molecule has 0 amide bonds. The van der Waals surface area contributed by atoms with Crippen LogP contribution in [0.5, 0.6) is 17.2 Å². The maximum atomic E-state index is 10.7. The van der Waals surface area contributed by atoms with Crippen molar-refractivity contribution in [3.8, 4) is 17.2 Å². The number of rotatable bonds is 3. The summed E-state index contributed by atoms with van der Waals surface area (Å²) < 4.78 is 15.9. The molecule has 1 aliphatic rings. The van der Waals surface area contributed by atoms with Crippen LogP contribution in [0.25, 0.3) is 0 Å². The lowest BCUT2D eigenvalue weighted by molar-refractivity contribution is -0.136. The molecule has 1 aliphatic heterocycles. The number of hydrogen-bond donors (Lipinski definition) is 1. The summed E-state index contributed by atoms with van der Waals surface area (Å²) in [6.45, 7) is 0.972. The number of fused-ring (bicyclic) bond motifs is 1. The molecule has 0 radical (unpaired) electrons. The molecule has 0 aliphatic carbocycles. The largest absolute Gasteiger partial charge is 0.496 e. The van der Waals surface area contributed by atoms with E-state index in [-0.39, 0.29) is 6.42 Å². The van der Waals surface area contributed by atoms with Crippen molar-refractivity contribution in [2.45, 2.75) is 6.42 Å². The van der Waals surface area contributed by atoms with Gasteiger partial charge in [-0.3, -0.25) is 4.79 Å². The van der Waals surface area contributed by atoms with E-state index in [1.165, 1.54) is 7.11 Å². The van der Waals surface area contributed by atoms with E-state index in [2.05, 4.69) is 0 Å². The van der Waals surface area contributed by atoms with Crippen molar-refractivity contribution in [1.29, 1.82) is 0 Å². The van der Waals surface area contributed by atoms with Crippen molar-refractivity contribution < 1.29 is 24.1 Å². The minimum absolute atomic E-state index is 0.0974. The standard InChI is InChI=1S/C11H12O5/c1-14-8-6-10-9(15-2-3-16-10)4-7(8)5-11(12)13/h4,6H,2-3,5H2,1H3,(H,12,13). The van der Waals surface area contributed by atoms with Crippen LogP contribution in [0, 0.1) is 0 Å². The maximum absolute atomic E-state index is 10.7. The summed E-state index contributed by atoms with van der Waals surface area (Å²) in [5, 5.41) is 8.76. The van der Waals surface area contributed by atoms with Gasteiger partial charge in [0.25, 0.3) is 0 Å². The van der Waals surface area contributed by atoms with Crippen LogP contribution in [0.2, 0.25) is 0 Å². The van der Waals surface area contributed by atoms with E-state index < -0.39 is 5.97 Å². The molecule has 0 saturated carbocycles. The normalized spacial score (nSPS) is 13.3. The monoisotopic (exact) mass is 224 g/mol. The lowest BCUT2D eigenvalue weighted by Crippen LogP contribution is -2.16. The van der Waals surface area contributed by atoms with Crippen LogP contribution in [-0.2, 0) is 11.2 Å². The molecule has 1 aromatic carbocycles. The van der Waals surface area contributed by atoms with Crippen LogP contribution in [-0.4, -0.2) is 31.4 Å². The van der Waals surface area contributed by atoms with Crippen molar-refractivity contribution in [2.24, 2.45) is 0 Å². The van der Waals surface area contributed by atoms with Gasteiger partial charge in [0.15, 0.2) is 11.5 Å². The number of hydrogen-bond acceptors (Lipinski definition) is 4. The van der Waals surface area contributed by atoms with Gasteiger partial charge >= 0.3 is 5.97 Å². The molecule has 5 heteroatoms. The molecule has 86 valence electrons. The van der Waals surface area contributed by atoms with Crippen molar-refractivity contribution in [3.05, 3.63) is 17.7 Å². The van der Waals surface area contributed by atoms with Crippen molar-refractivity contribution in [2.75, 3.05) is 20.3 Å². The highest BCUT2D eigenvalue weighted by Crippen LogP contribution is 2.36. The number of ether oxygens (including phenoxy) is 3. The Labute approximate surface area is 92.5 Å². The average molecular weight is 224 g/mol. The summed E-state index contributed by atoms with van der Waals surface area (Å²) in [5.74, 6) is 0.766. The summed E-state index contributed by atoms with van der Waals surface area (Å²) in [7, 11) is 1.50. The lowest BCUT2D eigenvalue weighted by Gasteiger charge is -2.20. The van der Waals surface area contributed by atoms with Gasteiger partial charge in [0, 0.05) is 11.6 Å². The number of methoxy groups -OCH3 is 1. The Bertz CT molecular complexity index is 413. The van der Waals surface area contributed by atoms with Crippen LogP contribution in [0.3, 0.4) is 0 Å². The van der Waals surface area contributed by atoms with Crippen molar-refractivity contribution >= 4 is 5.97 Å². The first-order valence-electron chi connectivity index (χ1n) is 4.89. The zero-order valence-corrected chi connectivity index (χ0v) is 8.86. The highest BCUT2D eigenvalue weighted by Gasteiger charge is 2.17. The molecule has 0 aromatic heterocycles. The molecular formula is C11H12O5. The minimum atomic E-state index is -0.907. The van der Waals surface area contributed by atoms with E-state index in [1.54, 1.807) is 12.1 Å². The zero-order valence-electron chi connectivity index (χ0n) is 8.86. The molecule has 0 bridgehead atoms. The Kier molecular flexibility index (Phi) is 2.85. The number of carboxylic acids is 1. The van der Waals surface area contributed by atoms with Crippen LogP contribution in [0.1, 0.15) is 5.56 Å². The molecule has 1 aromatic rings. The Balaban J connectivity index is 2.39. The second-order valence-electron chi connectivity index (χ2n) is 3.38. The summed E-state index contributed by atoms with van der Waals surface area (Å²) in [5.41, 5.74) is 0.583. The summed E-state index contributed by atoms with van der Waals surface area (Å²) in [4.78, 5) is 10.7. The van der Waals surface area contributed by atoms with Crippen LogP contribution < -0.4 is 14.2 Å². The molecule has 0 spiro atoms. The Morgan fingerprint density at radius 1 is 1.38 bits per heavy atom. The number of aliphatic carboxylic acids is 1. The second-order valence-corrected chi connectivity index (χ2v) is 3.38. The fourth-order valence-corrected chi connectivity index (χ4v) is 1.60. The van der Waals surface area contributed by atoms with E-state index in [9.17, 15) is 4.79 Å². The average Bonchev–Trinajstić information content (AvgIpc) is 2.27. The zero-order chi connectivity index (χ0) is 11.5. The van der Waals surface area contributed by atoms with Gasteiger partial charge in [0.05, 0.1) is 13.5 Å². The Hall–Kier alpha value is -1.91. The predicted octanol–water partition coefficient (Wildman–Crippen LogP) is 1.09. The second kappa shape index (κ2) is 4.30. The molecule has 16 heavy (non-hydrogen) atoms. The molecule has 2 rings (SSSR count). The van der Waals surface area contributed by atoms with E-state index in [4.69, 9.17) is 19.3 Å². The number of benzene rings is 1. The van der Waals surface area contributed by atoms with Gasteiger partial charge in [-0.1, -0.05) is 0 Å². The first kappa shape index (κ1) is 10.6. The van der Waals surface area contributed by atoms with Gasteiger partial charge in [0.1, 0.15) is 19.0 Å². The van der Waals surface area contributed by atoms with Crippen LogP contribution >= 0.6 is 0 Å². The van der Waals surface area contributed by atoms with E-state index in [1.807, 2.05) is 0 Å². The quantitative estimate of drug-likeness (QED) is 0.832. The fourth-order valence-electron chi connectivity index (χ4n) is 1.60. The Morgan fingerprint density at radius 3 is 2.56 bits per heavy atom. The lowest BCUT2D eigenvalue weighted by atomic mass is 10.1. The maximum Gasteiger partial charge on any atom is 0.307 e. The molecule has 1 N–H and O–H groups in total. The highest BCUT2D eigenvalue weighted by atomic mass is 16.6. The first-order valence-corrected chi connectivity index (χ1v) is 4.89. The molecular weight excluding hydrogens is 212 g/mol. The van der Waals surface area contributed by atoms with Gasteiger partial charge in [-0.2, -0.15) is 0 Å². The topological polar surface area (TPSA) is 65.0 Å². The third kappa shape index (κ3) is 2.03. The molecule has 0 atom stereocenters. The summed E-state index contributed by atoms with van der Waals surface area (Å²) in [6.07, 6.45) is -0.0974. The third-order valence-corrected chi connectivity index (χ3v) is 2.29. The molecule has 5 nitrogen and oxygen atoms in total. The van der Waals surface area contributed by atoms with Gasteiger partial charge in [-0.15, -0.1) is 0 Å². The van der Waals surface area contributed by atoms with E-state index >= 15 is 0 Å². The number of carboxylic acid groups (broad SMARTS) is 1. The van der Waals surface area contributed by atoms with Gasteiger partial charge in [-0.25, -0.2) is 0 Å². The molecule has 0 saturated heterocycles. The fraction of sp³-hybridized carbons (Fsp3) is 0.364. The van der Waals surface area contributed by atoms with Crippen molar-refractivity contribution in [3.63, 3.8) is 0 Å².